The number of aryl methyl sites for hydroxylation is 2. The van der Waals surface area contributed by atoms with Crippen molar-refractivity contribution in [3.05, 3.63) is 47.5 Å². The number of carbonyl (C=O) groups is 1. The first-order chi connectivity index (χ1) is 15.6. The number of ether oxygens (including phenoxy) is 2. The third-order valence-electron chi connectivity index (χ3n) is 6.24. The second kappa shape index (κ2) is 8.96. The van der Waals surface area contributed by atoms with Gasteiger partial charge in [0.05, 0.1) is 10.2 Å². The first kappa shape index (κ1) is 21.0. The van der Waals surface area contributed by atoms with Crippen LogP contribution in [-0.2, 0) is 4.79 Å². The number of carbonyl (C=O) groups excluding carboxylic acids is 1. The summed E-state index contributed by atoms with van der Waals surface area (Å²) < 4.78 is 12.7. The van der Waals surface area contributed by atoms with Crippen LogP contribution in [0.2, 0.25) is 0 Å². The average molecular weight is 453 g/mol. The van der Waals surface area contributed by atoms with Crippen molar-refractivity contribution in [2.75, 3.05) is 50.8 Å². The predicted molar refractivity (Wildman–Crippen MR) is 127 cm³/mol. The van der Waals surface area contributed by atoms with E-state index >= 15 is 0 Å². The van der Waals surface area contributed by atoms with Gasteiger partial charge >= 0.3 is 0 Å². The lowest BCUT2D eigenvalue weighted by Crippen LogP contribution is -2.50. The topological polar surface area (TPSA) is 66.9 Å². The molecule has 7 nitrogen and oxygen atoms in total. The van der Waals surface area contributed by atoms with Gasteiger partial charge in [-0.3, -0.25) is 9.69 Å². The number of rotatable bonds is 5. The van der Waals surface area contributed by atoms with Gasteiger partial charge in [-0.2, -0.15) is 0 Å². The third kappa shape index (κ3) is 4.25. The van der Waals surface area contributed by atoms with Crippen molar-refractivity contribution in [3.8, 4) is 11.5 Å². The molecule has 0 aliphatic carbocycles. The maximum absolute atomic E-state index is 12.5. The summed E-state index contributed by atoms with van der Waals surface area (Å²) in [7, 11) is 0. The van der Waals surface area contributed by atoms with Crippen LogP contribution in [0.25, 0.3) is 10.2 Å². The van der Waals surface area contributed by atoms with E-state index in [1.54, 1.807) is 11.3 Å². The molecule has 3 aromatic rings. The maximum Gasteiger partial charge on any atom is 0.264 e. The highest BCUT2D eigenvalue weighted by Crippen LogP contribution is 2.32. The highest BCUT2D eigenvalue weighted by atomic mass is 32.1. The Morgan fingerprint density at radius 1 is 1.12 bits per heavy atom. The fourth-order valence-corrected chi connectivity index (χ4v) is 5.19. The van der Waals surface area contributed by atoms with E-state index in [4.69, 9.17) is 14.5 Å². The van der Waals surface area contributed by atoms with Gasteiger partial charge in [0.2, 0.25) is 6.10 Å². The van der Waals surface area contributed by atoms with Crippen LogP contribution in [0.5, 0.6) is 11.5 Å². The molecule has 1 fully saturated rings. The quantitative estimate of drug-likeness (QED) is 0.642. The highest BCUT2D eigenvalue weighted by molar-refractivity contribution is 7.22. The molecule has 1 atom stereocenters. The number of hydrogen-bond donors (Lipinski definition) is 1. The summed E-state index contributed by atoms with van der Waals surface area (Å²) >= 11 is 1.77. The van der Waals surface area contributed by atoms with E-state index in [1.807, 2.05) is 24.3 Å². The molecule has 0 radical (unpaired) electrons. The zero-order valence-corrected chi connectivity index (χ0v) is 19.3. The summed E-state index contributed by atoms with van der Waals surface area (Å²) in [4.78, 5) is 22.1. The molecule has 8 heteroatoms. The molecule has 32 heavy (non-hydrogen) atoms. The smallest absolute Gasteiger partial charge is 0.264 e. The number of benzene rings is 2. The minimum absolute atomic E-state index is 0.127. The summed E-state index contributed by atoms with van der Waals surface area (Å²) in [6.07, 6.45) is -0.604. The molecule has 0 spiro atoms. The van der Waals surface area contributed by atoms with Crippen LogP contribution in [0, 0.1) is 13.8 Å². The summed E-state index contributed by atoms with van der Waals surface area (Å²) in [6, 6.07) is 11.8. The van der Waals surface area contributed by atoms with Gasteiger partial charge in [-0.1, -0.05) is 29.5 Å². The molecule has 2 aliphatic rings. The number of nitrogens with zero attached hydrogens (tertiary/aromatic N) is 3. The number of para-hydroxylation sites is 2. The summed E-state index contributed by atoms with van der Waals surface area (Å²) in [6.45, 7) is 9.75. The minimum atomic E-state index is -0.604. The van der Waals surface area contributed by atoms with Crippen molar-refractivity contribution >= 4 is 32.6 Å². The van der Waals surface area contributed by atoms with Crippen LogP contribution in [-0.4, -0.2) is 67.8 Å². The number of anilines is 1. The lowest BCUT2D eigenvalue weighted by atomic mass is 10.1. The number of piperazine rings is 1. The Bertz CT molecular complexity index is 1120. The van der Waals surface area contributed by atoms with Gasteiger partial charge < -0.3 is 19.7 Å². The van der Waals surface area contributed by atoms with Gasteiger partial charge in [-0.25, -0.2) is 4.98 Å². The Morgan fingerprint density at radius 3 is 2.72 bits per heavy atom. The normalized spacial score (nSPS) is 18.7. The molecule has 0 saturated carbocycles. The Hall–Kier alpha value is -2.84. The Kier molecular flexibility index (Phi) is 5.89. The van der Waals surface area contributed by atoms with Crippen LogP contribution in [0.1, 0.15) is 11.1 Å². The predicted octanol–water partition coefficient (Wildman–Crippen LogP) is 2.99. The van der Waals surface area contributed by atoms with E-state index in [9.17, 15) is 4.79 Å². The molecule has 1 aromatic heterocycles. The highest BCUT2D eigenvalue weighted by Gasteiger charge is 2.27. The Labute approximate surface area is 191 Å². The molecule has 2 aromatic carbocycles. The molecule has 1 saturated heterocycles. The molecule has 1 N–H and O–H groups in total. The van der Waals surface area contributed by atoms with Gasteiger partial charge in [-0.15, -0.1) is 0 Å². The minimum Gasteiger partial charge on any atom is -0.485 e. The zero-order valence-electron chi connectivity index (χ0n) is 18.5. The summed E-state index contributed by atoms with van der Waals surface area (Å²) in [5.41, 5.74) is 3.69. The SMILES string of the molecule is Cc1ccc2sc(N3CCN(CCNC(=O)[C@H]4COc5ccccc5O4)CC3)nc2c1C. The number of fused-ring (bicyclic) bond motifs is 2. The van der Waals surface area contributed by atoms with Crippen molar-refractivity contribution in [3.63, 3.8) is 0 Å². The number of thiazole rings is 1. The second-order valence-corrected chi connectivity index (χ2v) is 9.34. The van der Waals surface area contributed by atoms with Crippen molar-refractivity contribution in [2.45, 2.75) is 20.0 Å². The molecule has 2 aliphatic heterocycles. The fourth-order valence-electron chi connectivity index (χ4n) is 4.11. The largest absolute Gasteiger partial charge is 0.485 e. The number of aromatic nitrogens is 1. The van der Waals surface area contributed by atoms with Crippen molar-refractivity contribution < 1.29 is 14.3 Å². The lowest BCUT2D eigenvalue weighted by Gasteiger charge is -2.34. The van der Waals surface area contributed by atoms with Crippen LogP contribution in [0.15, 0.2) is 36.4 Å². The zero-order chi connectivity index (χ0) is 22.1. The van der Waals surface area contributed by atoms with E-state index in [-0.39, 0.29) is 12.5 Å². The van der Waals surface area contributed by atoms with Gasteiger partial charge in [0, 0.05) is 39.3 Å². The van der Waals surface area contributed by atoms with Crippen molar-refractivity contribution in [2.24, 2.45) is 0 Å². The molecule has 0 bridgehead atoms. The second-order valence-electron chi connectivity index (χ2n) is 8.33. The first-order valence-electron chi connectivity index (χ1n) is 11.1. The van der Waals surface area contributed by atoms with Crippen molar-refractivity contribution in [1.82, 2.24) is 15.2 Å². The summed E-state index contributed by atoms with van der Waals surface area (Å²) in [5, 5.41) is 4.10. The Morgan fingerprint density at radius 2 is 1.91 bits per heavy atom. The number of amides is 1. The molecule has 168 valence electrons. The van der Waals surface area contributed by atoms with E-state index < -0.39 is 6.10 Å². The maximum atomic E-state index is 12.5. The fraction of sp³-hybridized carbons (Fsp3) is 0.417. The molecular weight excluding hydrogens is 424 g/mol. The average Bonchev–Trinajstić information content (AvgIpc) is 3.27. The molecule has 3 heterocycles. The van der Waals surface area contributed by atoms with Gasteiger partial charge in [-0.05, 0) is 43.2 Å². The standard InChI is InChI=1S/C24H28N4O3S/c1-16-7-8-21-22(17(16)2)26-24(32-21)28-13-11-27(12-14-28)10-9-25-23(29)20-15-30-18-5-3-4-6-19(18)31-20/h3-8,20H,9-15H2,1-2H3,(H,25,29)/t20-/m1/s1. The third-order valence-corrected chi connectivity index (χ3v) is 7.33. The summed E-state index contributed by atoms with van der Waals surface area (Å²) in [5.74, 6) is 1.18. The molecule has 0 unspecified atom stereocenters. The van der Waals surface area contributed by atoms with Gasteiger partial charge in [0.25, 0.3) is 5.91 Å². The first-order valence-corrected chi connectivity index (χ1v) is 11.9. The van der Waals surface area contributed by atoms with E-state index in [1.165, 1.54) is 15.8 Å². The van der Waals surface area contributed by atoms with Gasteiger partial charge in [0.15, 0.2) is 16.6 Å². The van der Waals surface area contributed by atoms with E-state index in [0.717, 1.165) is 43.4 Å². The number of nitrogens with one attached hydrogen (secondary N) is 1. The van der Waals surface area contributed by atoms with Crippen LogP contribution in [0.3, 0.4) is 0 Å². The van der Waals surface area contributed by atoms with Gasteiger partial charge in [0.1, 0.15) is 6.61 Å². The monoisotopic (exact) mass is 452 g/mol. The molecular formula is C24H28N4O3S. The molecule has 5 rings (SSSR count). The Balaban J connectivity index is 1.08. The van der Waals surface area contributed by atoms with Crippen LogP contribution in [0.4, 0.5) is 5.13 Å². The van der Waals surface area contributed by atoms with Crippen LogP contribution < -0.4 is 19.7 Å². The van der Waals surface area contributed by atoms with E-state index in [0.29, 0.717) is 18.0 Å². The van der Waals surface area contributed by atoms with Crippen molar-refractivity contribution in [1.29, 1.82) is 0 Å². The van der Waals surface area contributed by atoms with Crippen LogP contribution >= 0.6 is 11.3 Å². The number of hydrogen-bond acceptors (Lipinski definition) is 7. The van der Waals surface area contributed by atoms with E-state index in [2.05, 4.69) is 41.1 Å². The lowest BCUT2D eigenvalue weighted by molar-refractivity contribution is -0.130. The molecule has 1 amide bonds.